The molecule has 3 rings (SSSR count). The van der Waals surface area contributed by atoms with Gasteiger partial charge in [0.05, 0.1) is 5.56 Å². The molecule has 7 nitrogen and oxygen atoms in total. The predicted octanol–water partition coefficient (Wildman–Crippen LogP) is 3.62. The van der Waals surface area contributed by atoms with E-state index in [2.05, 4.69) is 10.3 Å². The topological polar surface area (TPSA) is 98.5 Å². The highest BCUT2D eigenvalue weighted by atomic mass is 16.6. The molecule has 1 atom stereocenters. The number of ether oxygens (including phenoxy) is 1. The summed E-state index contributed by atoms with van der Waals surface area (Å²) in [7, 11) is 0. The van der Waals surface area contributed by atoms with Crippen LogP contribution in [0.15, 0.2) is 24.4 Å². The number of carbonyl (C=O) groups is 1. The van der Waals surface area contributed by atoms with Crippen LogP contribution < -0.4 is 5.32 Å². The van der Waals surface area contributed by atoms with Crippen LogP contribution in [-0.4, -0.2) is 45.8 Å². The van der Waals surface area contributed by atoms with E-state index >= 15 is 0 Å². The summed E-state index contributed by atoms with van der Waals surface area (Å²) >= 11 is 0. The summed E-state index contributed by atoms with van der Waals surface area (Å²) in [6, 6.07) is 7.08. The molecule has 1 aromatic heterocycles. The summed E-state index contributed by atoms with van der Waals surface area (Å²) in [5, 5.41) is 24.0. The van der Waals surface area contributed by atoms with Crippen LogP contribution >= 0.6 is 0 Å². The number of likely N-dealkylation sites (tertiary alicyclic amines) is 1. The van der Waals surface area contributed by atoms with Gasteiger partial charge in [-0.2, -0.15) is 5.26 Å². The van der Waals surface area contributed by atoms with Crippen LogP contribution in [0, 0.1) is 11.3 Å². The van der Waals surface area contributed by atoms with Gasteiger partial charge in [-0.05, 0) is 45.7 Å². The minimum Gasteiger partial charge on any atom is -0.506 e. The molecule has 1 amide bonds. The number of hydrogen-bond acceptors (Lipinski definition) is 6. The second-order valence-electron chi connectivity index (χ2n) is 7.77. The number of nitrogens with zero attached hydrogens (tertiary/aromatic N) is 3. The normalized spacial score (nSPS) is 17.4. The molecule has 2 N–H and O–H groups in total. The van der Waals surface area contributed by atoms with Gasteiger partial charge in [0, 0.05) is 36.1 Å². The minimum absolute atomic E-state index is 0.0394. The van der Waals surface area contributed by atoms with Crippen molar-refractivity contribution in [2.45, 2.75) is 45.3 Å². The van der Waals surface area contributed by atoms with Crippen LogP contribution in [0.5, 0.6) is 5.75 Å². The molecule has 0 bridgehead atoms. The van der Waals surface area contributed by atoms with Crippen molar-refractivity contribution >= 4 is 22.7 Å². The molecular weight excluding hydrogens is 344 g/mol. The number of nitrogens with one attached hydrogen (secondary N) is 1. The fraction of sp³-hybridized carbons (Fsp3) is 0.450. The van der Waals surface area contributed by atoms with Crippen molar-refractivity contribution in [1.29, 1.82) is 5.26 Å². The van der Waals surface area contributed by atoms with Gasteiger partial charge in [0.25, 0.3) is 0 Å². The van der Waals surface area contributed by atoms with Crippen molar-refractivity contribution in [2.24, 2.45) is 0 Å². The van der Waals surface area contributed by atoms with Gasteiger partial charge < -0.3 is 20.1 Å². The lowest BCUT2D eigenvalue weighted by Gasteiger charge is -2.34. The molecule has 142 valence electrons. The van der Waals surface area contributed by atoms with Crippen molar-refractivity contribution in [2.75, 3.05) is 18.4 Å². The molecule has 0 spiro atoms. The molecule has 2 heterocycles. The number of pyridine rings is 1. The van der Waals surface area contributed by atoms with Crippen molar-refractivity contribution in [1.82, 2.24) is 9.88 Å². The second kappa shape index (κ2) is 7.31. The summed E-state index contributed by atoms with van der Waals surface area (Å²) in [6.07, 6.45) is 3.13. The average Bonchev–Trinajstić information content (AvgIpc) is 2.61. The number of piperidine rings is 1. The Labute approximate surface area is 158 Å². The lowest BCUT2D eigenvalue weighted by atomic mass is 10.1. The Hall–Kier alpha value is -3.01. The van der Waals surface area contributed by atoms with Crippen LogP contribution in [0.1, 0.15) is 39.2 Å². The monoisotopic (exact) mass is 368 g/mol. The zero-order valence-corrected chi connectivity index (χ0v) is 15.8. The Kier molecular flexibility index (Phi) is 5.08. The number of phenolic OH excluding ortho intramolecular Hbond substituents is 1. The van der Waals surface area contributed by atoms with Crippen molar-refractivity contribution in [3.05, 3.63) is 30.0 Å². The molecule has 1 aliphatic rings. The highest BCUT2D eigenvalue weighted by Crippen LogP contribution is 2.30. The van der Waals surface area contributed by atoms with Crippen molar-refractivity contribution in [3.8, 4) is 11.8 Å². The molecule has 0 aliphatic carbocycles. The standard InChI is InChI=1S/C20H24N4O3/c1-20(2,3)27-19(26)24-8-4-5-15(12-24)23-17-9-16-14(11-22-17)7-6-13(10-21)18(16)25/h6-7,9,11,15,25H,4-5,8,12H2,1-3H3,(H,22,23). The van der Waals surface area contributed by atoms with E-state index in [1.165, 1.54) is 0 Å². The largest absolute Gasteiger partial charge is 0.506 e. The first-order valence-electron chi connectivity index (χ1n) is 9.03. The van der Waals surface area contributed by atoms with E-state index in [-0.39, 0.29) is 23.4 Å². The molecule has 1 aromatic carbocycles. The maximum Gasteiger partial charge on any atom is 0.410 e. The molecule has 1 saturated heterocycles. The number of fused-ring (bicyclic) bond motifs is 1. The van der Waals surface area contributed by atoms with Gasteiger partial charge in [0.15, 0.2) is 0 Å². The van der Waals surface area contributed by atoms with Crippen LogP contribution in [0.3, 0.4) is 0 Å². The number of phenols is 1. The number of amides is 1. The summed E-state index contributed by atoms with van der Waals surface area (Å²) in [5.74, 6) is 0.559. The number of nitriles is 1. The molecule has 1 fully saturated rings. The molecule has 1 unspecified atom stereocenters. The van der Waals surface area contributed by atoms with Crippen LogP contribution in [0.2, 0.25) is 0 Å². The van der Waals surface area contributed by atoms with Crippen molar-refractivity contribution < 1.29 is 14.6 Å². The first-order valence-corrected chi connectivity index (χ1v) is 9.03. The van der Waals surface area contributed by atoms with Gasteiger partial charge >= 0.3 is 6.09 Å². The Bertz CT molecular complexity index is 898. The number of aromatic nitrogens is 1. The van der Waals surface area contributed by atoms with E-state index in [4.69, 9.17) is 10.00 Å². The quantitative estimate of drug-likeness (QED) is 0.840. The highest BCUT2D eigenvalue weighted by Gasteiger charge is 2.27. The lowest BCUT2D eigenvalue weighted by molar-refractivity contribution is 0.0206. The van der Waals surface area contributed by atoms with E-state index in [0.717, 1.165) is 18.2 Å². The number of carbonyl (C=O) groups excluding carboxylic acids is 1. The number of benzene rings is 1. The van der Waals surface area contributed by atoms with Crippen LogP contribution in [0.4, 0.5) is 10.6 Å². The first kappa shape index (κ1) is 18.8. The molecule has 27 heavy (non-hydrogen) atoms. The molecular formula is C20H24N4O3. The van der Waals surface area contributed by atoms with Crippen LogP contribution in [0.25, 0.3) is 10.8 Å². The molecule has 0 saturated carbocycles. The third-order valence-electron chi connectivity index (χ3n) is 4.42. The highest BCUT2D eigenvalue weighted by molar-refractivity contribution is 5.91. The van der Waals surface area contributed by atoms with Gasteiger partial charge in [-0.25, -0.2) is 9.78 Å². The number of aromatic hydroxyl groups is 1. The van der Waals surface area contributed by atoms with Crippen LogP contribution in [-0.2, 0) is 4.74 Å². The predicted molar refractivity (Wildman–Crippen MR) is 103 cm³/mol. The van der Waals surface area contributed by atoms with E-state index in [1.807, 2.05) is 26.8 Å². The maximum absolute atomic E-state index is 12.3. The Morgan fingerprint density at radius 2 is 2.22 bits per heavy atom. The summed E-state index contributed by atoms with van der Waals surface area (Å²) in [5.41, 5.74) is -0.290. The van der Waals surface area contributed by atoms with Gasteiger partial charge in [-0.3, -0.25) is 0 Å². The zero-order chi connectivity index (χ0) is 19.6. The fourth-order valence-electron chi connectivity index (χ4n) is 3.17. The lowest BCUT2D eigenvalue weighted by Crippen LogP contribution is -2.47. The first-order chi connectivity index (χ1) is 12.8. The van der Waals surface area contributed by atoms with E-state index in [1.54, 1.807) is 29.3 Å². The van der Waals surface area contributed by atoms with Gasteiger partial charge in [0.1, 0.15) is 23.2 Å². The second-order valence-corrected chi connectivity index (χ2v) is 7.77. The molecule has 7 heteroatoms. The molecule has 1 aliphatic heterocycles. The maximum atomic E-state index is 12.3. The number of hydrogen-bond donors (Lipinski definition) is 2. The summed E-state index contributed by atoms with van der Waals surface area (Å²) in [4.78, 5) is 18.4. The van der Waals surface area contributed by atoms with Gasteiger partial charge in [-0.15, -0.1) is 0 Å². The van der Waals surface area contributed by atoms with Gasteiger partial charge in [-0.1, -0.05) is 6.07 Å². The number of anilines is 1. The van der Waals surface area contributed by atoms with E-state index in [0.29, 0.717) is 24.3 Å². The Balaban J connectivity index is 1.74. The minimum atomic E-state index is -0.521. The smallest absolute Gasteiger partial charge is 0.410 e. The zero-order valence-electron chi connectivity index (χ0n) is 15.8. The molecule has 2 aromatic rings. The summed E-state index contributed by atoms with van der Waals surface area (Å²) < 4.78 is 5.45. The third-order valence-corrected chi connectivity index (χ3v) is 4.42. The Morgan fingerprint density at radius 3 is 2.93 bits per heavy atom. The third kappa shape index (κ3) is 4.40. The van der Waals surface area contributed by atoms with Crippen molar-refractivity contribution in [3.63, 3.8) is 0 Å². The van der Waals surface area contributed by atoms with Gasteiger partial charge in [0.2, 0.25) is 0 Å². The molecule has 0 radical (unpaired) electrons. The van der Waals surface area contributed by atoms with E-state index in [9.17, 15) is 9.90 Å². The average molecular weight is 368 g/mol. The SMILES string of the molecule is CC(C)(C)OC(=O)N1CCCC(Nc2cc3c(O)c(C#N)ccc3cn2)C1. The van der Waals surface area contributed by atoms with E-state index < -0.39 is 5.60 Å². The Morgan fingerprint density at radius 1 is 1.44 bits per heavy atom. The summed E-state index contributed by atoms with van der Waals surface area (Å²) in [6.45, 7) is 6.76. The number of rotatable bonds is 2. The fourth-order valence-corrected chi connectivity index (χ4v) is 3.17.